The monoisotopic (exact) mass is 381 g/mol. The first kappa shape index (κ1) is 19.0. The van der Waals surface area contributed by atoms with Crippen molar-refractivity contribution in [3.63, 3.8) is 0 Å². The number of nitrogens with one attached hydrogen (secondary N) is 1. The first-order chi connectivity index (χ1) is 13.0. The maximum Gasteiger partial charge on any atom is 0.221 e. The van der Waals surface area contributed by atoms with Gasteiger partial charge in [-0.05, 0) is 25.5 Å². The van der Waals surface area contributed by atoms with Gasteiger partial charge in [-0.3, -0.25) is 9.59 Å². The Balaban J connectivity index is 1.69. The molecule has 0 aliphatic heterocycles. The molecular weight excluding hydrogens is 358 g/mol. The predicted octanol–water partition coefficient (Wildman–Crippen LogP) is 3.97. The van der Waals surface area contributed by atoms with Gasteiger partial charge in [-0.1, -0.05) is 30.3 Å². The van der Waals surface area contributed by atoms with Gasteiger partial charge in [0.25, 0.3) is 0 Å². The van der Waals surface area contributed by atoms with Crippen LogP contribution in [0.25, 0.3) is 0 Å². The maximum atomic E-state index is 12.6. The van der Waals surface area contributed by atoms with E-state index in [0.29, 0.717) is 0 Å². The molecule has 0 aliphatic rings. The van der Waals surface area contributed by atoms with Crippen molar-refractivity contribution in [3.8, 4) is 0 Å². The summed E-state index contributed by atoms with van der Waals surface area (Å²) >= 11 is 1.61. The first-order valence-corrected chi connectivity index (χ1v) is 9.69. The summed E-state index contributed by atoms with van der Waals surface area (Å²) in [5.74, 6) is 0.607. The van der Waals surface area contributed by atoms with Gasteiger partial charge < -0.3 is 9.88 Å². The van der Waals surface area contributed by atoms with Crippen LogP contribution < -0.4 is 5.32 Å². The van der Waals surface area contributed by atoms with Crippen molar-refractivity contribution in [3.05, 3.63) is 75.5 Å². The van der Waals surface area contributed by atoms with Crippen LogP contribution in [0.1, 0.15) is 50.4 Å². The lowest BCUT2D eigenvalue weighted by Gasteiger charge is -2.19. The van der Waals surface area contributed by atoms with Gasteiger partial charge in [-0.25, -0.2) is 4.98 Å². The molecule has 0 aliphatic carbocycles. The fraction of sp³-hybridized carbons (Fsp3) is 0.286. The van der Waals surface area contributed by atoms with E-state index in [1.54, 1.807) is 17.5 Å². The summed E-state index contributed by atoms with van der Waals surface area (Å²) in [5, 5.41) is 3.03. The number of hydrogen-bond acceptors (Lipinski definition) is 4. The smallest absolute Gasteiger partial charge is 0.221 e. The number of ketones is 1. The lowest BCUT2D eigenvalue weighted by Crippen LogP contribution is -2.31. The highest BCUT2D eigenvalue weighted by molar-refractivity contribution is 7.12. The van der Waals surface area contributed by atoms with Crippen LogP contribution in [0, 0.1) is 13.8 Å². The Morgan fingerprint density at radius 1 is 1.19 bits per heavy atom. The molecule has 0 saturated heterocycles. The molecule has 27 heavy (non-hydrogen) atoms. The third-order valence-electron chi connectivity index (χ3n) is 4.48. The largest absolute Gasteiger partial charge is 0.342 e. The molecule has 1 atom stereocenters. The molecule has 0 bridgehead atoms. The molecule has 3 rings (SSSR count). The molecule has 1 amide bonds. The van der Waals surface area contributed by atoms with Crippen molar-refractivity contribution in [2.24, 2.45) is 7.05 Å². The SMILES string of the molecule is Cc1cc(C(=O)CCC(=O)N[C@@H](c2ccccc2)c2nccn2C)c(C)s1. The number of Topliss-reactive ketones (excluding diaryl/α,β-unsaturated/α-hetero) is 1. The summed E-state index contributed by atoms with van der Waals surface area (Å²) in [6.07, 6.45) is 3.91. The van der Waals surface area contributed by atoms with Crippen molar-refractivity contribution in [1.29, 1.82) is 0 Å². The average molecular weight is 382 g/mol. The van der Waals surface area contributed by atoms with E-state index in [-0.39, 0.29) is 30.6 Å². The Kier molecular flexibility index (Phi) is 5.86. The highest BCUT2D eigenvalue weighted by Gasteiger charge is 2.21. The third-order valence-corrected chi connectivity index (χ3v) is 5.44. The van der Waals surface area contributed by atoms with Crippen molar-refractivity contribution in [1.82, 2.24) is 14.9 Å². The van der Waals surface area contributed by atoms with E-state index in [1.807, 2.05) is 68.1 Å². The van der Waals surface area contributed by atoms with Crippen LogP contribution >= 0.6 is 11.3 Å². The van der Waals surface area contributed by atoms with Crippen LogP contribution in [0.5, 0.6) is 0 Å². The first-order valence-electron chi connectivity index (χ1n) is 8.87. The van der Waals surface area contributed by atoms with Gasteiger partial charge in [0.1, 0.15) is 11.9 Å². The Bertz CT molecular complexity index is 944. The Hall–Kier alpha value is -2.73. The van der Waals surface area contributed by atoms with Gasteiger partial charge in [0.15, 0.2) is 5.78 Å². The molecule has 2 heterocycles. The van der Waals surface area contributed by atoms with Crippen molar-refractivity contribution in [2.75, 3.05) is 0 Å². The van der Waals surface area contributed by atoms with Crippen LogP contribution in [-0.2, 0) is 11.8 Å². The predicted molar refractivity (Wildman–Crippen MR) is 107 cm³/mol. The molecule has 0 fully saturated rings. The number of carbonyl (C=O) groups excluding carboxylic acids is 2. The number of benzene rings is 1. The molecule has 0 radical (unpaired) electrons. The van der Waals surface area contributed by atoms with Gasteiger partial charge in [0.2, 0.25) is 5.91 Å². The Morgan fingerprint density at radius 2 is 1.93 bits per heavy atom. The van der Waals surface area contributed by atoms with E-state index in [9.17, 15) is 9.59 Å². The zero-order valence-electron chi connectivity index (χ0n) is 15.7. The molecule has 1 aromatic carbocycles. The number of imidazole rings is 1. The number of thiophene rings is 1. The van der Waals surface area contributed by atoms with Crippen molar-refractivity contribution >= 4 is 23.0 Å². The Labute approximate surface area is 163 Å². The van der Waals surface area contributed by atoms with Crippen LogP contribution in [-0.4, -0.2) is 21.2 Å². The van der Waals surface area contributed by atoms with Gasteiger partial charge in [0.05, 0.1) is 0 Å². The van der Waals surface area contributed by atoms with Gasteiger partial charge in [0, 0.05) is 47.6 Å². The minimum absolute atomic E-state index is 0.0141. The third kappa shape index (κ3) is 4.52. The number of nitrogens with zero attached hydrogens (tertiary/aromatic N) is 2. The van der Waals surface area contributed by atoms with Crippen LogP contribution in [0.15, 0.2) is 48.8 Å². The maximum absolute atomic E-state index is 12.6. The zero-order chi connectivity index (χ0) is 19.4. The normalized spacial score (nSPS) is 12.0. The second-order valence-electron chi connectivity index (χ2n) is 6.56. The average Bonchev–Trinajstić information content (AvgIpc) is 3.23. The van der Waals surface area contributed by atoms with E-state index in [1.165, 1.54) is 0 Å². The standard InChI is InChI=1S/C21H23N3O2S/c1-14-13-17(15(2)27-14)18(25)9-10-19(26)23-20(16-7-5-4-6-8-16)21-22-11-12-24(21)3/h4-8,11-13,20H,9-10H2,1-3H3,(H,23,26)/t20-/m0/s1. The topological polar surface area (TPSA) is 64.0 Å². The number of carbonyl (C=O) groups is 2. The molecule has 0 saturated carbocycles. The molecule has 5 nitrogen and oxygen atoms in total. The summed E-state index contributed by atoms with van der Waals surface area (Å²) in [5.41, 5.74) is 1.68. The molecular formula is C21H23N3O2S. The summed E-state index contributed by atoms with van der Waals surface area (Å²) in [6, 6.07) is 11.3. The molecule has 2 aromatic heterocycles. The number of hydrogen-bond donors (Lipinski definition) is 1. The summed E-state index contributed by atoms with van der Waals surface area (Å²) in [6.45, 7) is 3.93. The minimum Gasteiger partial charge on any atom is -0.342 e. The Morgan fingerprint density at radius 3 is 2.52 bits per heavy atom. The van der Waals surface area contributed by atoms with Crippen LogP contribution in [0.4, 0.5) is 0 Å². The lowest BCUT2D eigenvalue weighted by molar-refractivity contribution is -0.121. The summed E-state index contributed by atoms with van der Waals surface area (Å²) in [7, 11) is 1.90. The van der Waals surface area contributed by atoms with E-state index in [4.69, 9.17) is 0 Å². The number of aromatic nitrogens is 2. The van der Waals surface area contributed by atoms with Crippen molar-refractivity contribution < 1.29 is 9.59 Å². The number of aryl methyl sites for hydroxylation is 3. The van der Waals surface area contributed by atoms with Crippen molar-refractivity contribution in [2.45, 2.75) is 32.7 Å². The van der Waals surface area contributed by atoms with Gasteiger partial charge in [-0.15, -0.1) is 11.3 Å². The second-order valence-corrected chi connectivity index (χ2v) is 8.02. The fourth-order valence-corrected chi connectivity index (χ4v) is 4.04. The fourth-order valence-electron chi connectivity index (χ4n) is 3.10. The summed E-state index contributed by atoms with van der Waals surface area (Å²) in [4.78, 5) is 31.5. The van der Waals surface area contributed by atoms with E-state index < -0.39 is 0 Å². The van der Waals surface area contributed by atoms with E-state index in [2.05, 4.69) is 10.3 Å². The number of rotatable bonds is 7. The molecule has 0 unspecified atom stereocenters. The second kappa shape index (κ2) is 8.31. The lowest BCUT2D eigenvalue weighted by atomic mass is 10.0. The van der Waals surface area contributed by atoms with Gasteiger partial charge >= 0.3 is 0 Å². The minimum atomic E-state index is -0.348. The highest BCUT2D eigenvalue weighted by atomic mass is 32.1. The van der Waals surface area contributed by atoms with Gasteiger partial charge in [-0.2, -0.15) is 0 Å². The van der Waals surface area contributed by atoms with E-state index >= 15 is 0 Å². The molecule has 0 spiro atoms. The van der Waals surface area contributed by atoms with Crippen LogP contribution in [0.2, 0.25) is 0 Å². The molecule has 140 valence electrons. The molecule has 1 N–H and O–H groups in total. The van der Waals surface area contributed by atoms with Crippen LogP contribution in [0.3, 0.4) is 0 Å². The summed E-state index contributed by atoms with van der Waals surface area (Å²) < 4.78 is 1.89. The molecule has 6 heteroatoms. The number of amides is 1. The van der Waals surface area contributed by atoms with E-state index in [0.717, 1.165) is 26.7 Å². The quantitative estimate of drug-likeness (QED) is 0.630. The highest BCUT2D eigenvalue weighted by Crippen LogP contribution is 2.23. The molecule has 3 aromatic rings. The zero-order valence-corrected chi connectivity index (χ0v) is 16.5.